The minimum Gasteiger partial charge on any atom is -0.393 e. The average molecular weight is 417 g/mol. The highest BCUT2D eigenvalue weighted by molar-refractivity contribution is 5.93. The summed E-state index contributed by atoms with van der Waals surface area (Å²) in [5.74, 6) is 0.205. The smallest absolute Gasteiger partial charge is 0.159 e. The van der Waals surface area contributed by atoms with Crippen molar-refractivity contribution in [3.8, 4) is 0 Å². The summed E-state index contributed by atoms with van der Waals surface area (Å²) in [6.45, 7) is 5.80. The molecule has 0 aromatic rings. The Bertz CT molecular complexity index is 793. The van der Waals surface area contributed by atoms with Crippen LogP contribution < -0.4 is 0 Å². The van der Waals surface area contributed by atoms with Gasteiger partial charge in [0.2, 0.25) is 0 Å². The van der Waals surface area contributed by atoms with Gasteiger partial charge in [0.05, 0.1) is 24.4 Å². The van der Waals surface area contributed by atoms with E-state index in [4.69, 9.17) is 0 Å². The highest BCUT2D eigenvalue weighted by atomic mass is 16.3. The van der Waals surface area contributed by atoms with Crippen molar-refractivity contribution in [1.82, 2.24) is 0 Å². The van der Waals surface area contributed by atoms with E-state index in [1.165, 1.54) is 0 Å². The Labute approximate surface area is 179 Å². The Morgan fingerprint density at radius 2 is 2.00 bits per heavy atom. The monoisotopic (exact) mass is 416 g/mol. The highest BCUT2D eigenvalue weighted by Gasteiger charge is 2.56. The van der Waals surface area contributed by atoms with Gasteiger partial charge >= 0.3 is 0 Å². The normalized spacial score (nSPS) is 43.6. The predicted octanol–water partition coefficient (Wildman–Crippen LogP) is 2.68. The fraction of sp³-hybridized carbons (Fsp3) is 0.720. The summed E-state index contributed by atoms with van der Waals surface area (Å²) in [5.41, 5.74) is 3.08. The molecule has 0 aromatic heterocycles. The fourth-order valence-electron chi connectivity index (χ4n) is 6.92. The Morgan fingerprint density at radius 1 is 1.27 bits per heavy atom. The SMILES string of the molecule is CC(=CC(O)C(C)O)C1CCC2C3=CC(=O)C4CC(=CCC(O)C4)C3C(O)CC12C. The van der Waals surface area contributed by atoms with Crippen molar-refractivity contribution in [2.24, 2.45) is 29.1 Å². The summed E-state index contributed by atoms with van der Waals surface area (Å²) >= 11 is 0. The lowest BCUT2D eigenvalue weighted by molar-refractivity contribution is -0.119. The van der Waals surface area contributed by atoms with Gasteiger partial charge in [-0.3, -0.25) is 4.79 Å². The second-order valence-electron chi connectivity index (χ2n) is 10.4. The number of carbonyl (C=O) groups is 1. The van der Waals surface area contributed by atoms with Gasteiger partial charge in [0.25, 0.3) is 0 Å². The fourth-order valence-corrected chi connectivity index (χ4v) is 6.92. The van der Waals surface area contributed by atoms with Crippen LogP contribution >= 0.6 is 0 Å². The van der Waals surface area contributed by atoms with Gasteiger partial charge < -0.3 is 20.4 Å². The number of carbonyl (C=O) groups excluding carboxylic acids is 1. The van der Waals surface area contributed by atoms with E-state index in [9.17, 15) is 25.2 Å². The van der Waals surface area contributed by atoms with Crippen molar-refractivity contribution in [2.75, 3.05) is 0 Å². The molecular weight excluding hydrogens is 380 g/mol. The van der Waals surface area contributed by atoms with Crippen molar-refractivity contribution in [2.45, 2.75) is 83.7 Å². The molecule has 2 bridgehead atoms. The van der Waals surface area contributed by atoms with Crippen LogP contribution in [0.3, 0.4) is 0 Å². The number of aliphatic hydroxyl groups excluding tert-OH is 4. The first-order valence-electron chi connectivity index (χ1n) is 11.5. The molecule has 4 N–H and O–H groups in total. The zero-order valence-corrected chi connectivity index (χ0v) is 18.3. The zero-order chi connectivity index (χ0) is 21.8. The third kappa shape index (κ3) is 3.64. The maximum Gasteiger partial charge on any atom is 0.159 e. The van der Waals surface area contributed by atoms with Gasteiger partial charge in [0.1, 0.15) is 0 Å². The standard InChI is InChI=1S/C25H36O5/c1-13(8-21(28)14(2)26)19-6-7-20-18-11-22(29)16-9-15(4-5-17(27)10-16)24(18)23(30)12-25(19,20)3/h4,8,11,14,16-17,19-21,23-24,26-28,30H,5-7,9-10,12H2,1-3H3. The van der Waals surface area contributed by atoms with E-state index in [0.717, 1.165) is 29.6 Å². The summed E-state index contributed by atoms with van der Waals surface area (Å²) < 4.78 is 0. The number of hydrogen-bond acceptors (Lipinski definition) is 5. The minimum atomic E-state index is -0.896. The summed E-state index contributed by atoms with van der Waals surface area (Å²) in [4.78, 5) is 13.0. The molecule has 2 saturated carbocycles. The van der Waals surface area contributed by atoms with Gasteiger partial charge in [-0.1, -0.05) is 35.8 Å². The van der Waals surface area contributed by atoms with Crippen molar-refractivity contribution in [1.29, 1.82) is 0 Å². The summed E-state index contributed by atoms with van der Waals surface area (Å²) in [5, 5.41) is 41.3. The van der Waals surface area contributed by atoms with E-state index in [1.807, 2.05) is 13.0 Å². The lowest BCUT2D eigenvalue weighted by Crippen LogP contribution is -2.45. The van der Waals surface area contributed by atoms with Gasteiger partial charge in [-0.05, 0) is 75.7 Å². The predicted molar refractivity (Wildman–Crippen MR) is 114 cm³/mol. The molecule has 166 valence electrons. The molecule has 5 heteroatoms. The maximum absolute atomic E-state index is 13.0. The number of hydrogen-bond donors (Lipinski definition) is 4. The van der Waals surface area contributed by atoms with Crippen LogP contribution in [-0.2, 0) is 4.79 Å². The Kier molecular flexibility index (Phi) is 5.86. The van der Waals surface area contributed by atoms with Crippen LogP contribution in [0, 0.1) is 29.1 Å². The Balaban J connectivity index is 1.70. The van der Waals surface area contributed by atoms with Crippen LogP contribution in [0.2, 0.25) is 0 Å². The molecule has 2 fully saturated rings. The number of fused-ring (bicyclic) bond motifs is 6. The lowest BCUT2D eigenvalue weighted by Gasteiger charge is -2.48. The van der Waals surface area contributed by atoms with E-state index in [0.29, 0.717) is 25.7 Å². The van der Waals surface area contributed by atoms with Crippen molar-refractivity contribution in [3.05, 3.63) is 34.9 Å². The van der Waals surface area contributed by atoms with E-state index in [-0.39, 0.29) is 34.9 Å². The van der Waals surface area contributed by atoms with E-state index >= 15 is 0 Å². The Morgan fingerprint density at radius 3 is 2.70 bits per heavy atom. The number of allylic oxidation sites excluding steroid dienone is 2. The van der Waals surface area contributed by atoms with Crippen molar-refractivity contribution in [3.63, 3.8) is 0 Å². The van der Waals surface area contributed by atoms with Crippen molar-refractivity contribution >= 4 is 5.78 Å². The third-order valence-electron chi connectivity index (χ3n) is 8.41. The Hall–Kier alpha value is -1.27. The molecule has 30 heavy (non-hydrogen) atoms. The molecule has 9 atom stereocenters. The van der Waals surface area contributed by atoms with Crippen LogP contribution in [0.5, 0.6) is 0 Å². The highest BCUT2D eigenvalue weighted by Crippen LogP contribution is 2.62. The molecule has 4 rings (SSSR count). The van der Waals surface area contributed by atoms with Crippen LogP contribution in [0.1, 0.15) is 59.3 Å². The van der Waals surface area contributed by atoms with Gasteiger partial charge in [0.15, 0.2) is 5.78 Å². The quantitative estimate of drug-likeness (QED) is 0.530. The van der Waals surface area contributed by atoms with Crippen LogP contribution in [0.25, 0.3) is 0 Å². The molecule has 0 aromatic carbocycles. The van der Waals surface area contributed by atoms with Crippen molar-refractivity contribution < 1.29 is 25.2 Å². The maximum atomic E-state index is 13.0. The second kappa shape index (κ2) is 8.01. The van der Waals surface area contributed by atoms with E-state index < -0.39 is 24.4 Å². The second-order valence-corrected chi connectivity index (χ2v) is 10.4. The topological polar surface area (TPSA) is 98.0 Å². The van der Waals surface area contributed by atoms with Crippen LogP contribution in [-0.4, -0.2) is 50.6 Å². The zero-order valence-electron chi connectivity index (χ0n) is 18.3. The molecule has 4 aliphatic rings. The molecule has 0 spiro atoms. The molecule has 0 saturated heterocycles. The molecule has 0 amide bonds. The summed E-state index contributed by atoms with van der Waals surface area (Å²) in [6.07, 6.45) is 7.14. The van der Waals surface area contributed by atoms with Gasteiger partial charge in [0, 0.05) is 11.8 Å². The number of ketones is 1. The van der Waals surface area contributed by atoms with Gasteiger partial charge in [-0.25, -0.2) is 0 Å². The number of aliphatic hydroxyl groups is 4. The molecule has 0 radical (unpaired) electrons. The van der Waals surface area contributed by atoms with Crippen LogP contribution in [0.4, 0.5) is 0 Å². The first-order valence-corrected chi connectivity index (χ1v) is 11.5. The number of rotatable bonds is 3. The van der Waals surface area contributed by atoms with E-state index in [1.54, 1.807) is 13.0 Å². The minimum absolute atomic E-state index is 0.0936. The first kappa shape index (κ1) is 21.9. The molecule has 0 aliphatic heterocycles. The van der Waals surface area contributed by atoms with Gasteiger partial charge in [-0.15, -0.1) is 0 Å². The third-order valence-corrected chi connectivity index (χ3v) is 8.41. The molecule has 9 unspecified atom stereocenters. The van der Waals surface area contributed by atoms with Gasteiger partial charge in [-0.2, -0.15) is 0 Å². The first-order chi connectivity index (χ1) is 14.1. The van der Waals surface area contributed by atoms with E-state index in [2.05, 4.69) is 13.0 Å². The molecule has 5 nitrogen and oxygen atoms in total. The molecular formula is C25H36O5. The molecule has 4 aliphatic carbocycles. The largest absolute Gasteiger partial charge is 0.393 e. The summed E-state index contributed by atoms with van der Waals surface area (Å²) in [6, 6.07) is 0. The lowest BCUT2D eigenvalue weighted by atomic mass is 9.57. The van der Waals surface area contributed by atoms with Crippen LogP contribution in [0.15, 0.2) is 34.9 Å². The summed E-state index contributed by atoms with van der Waals surface area (Å²) in [7, 11) is 0. The molecule has 0 heterocycles. The average Bonchev–Trinajstić information content (AvgIpc) is 2.79.